The molecule has 2 fully saturated rings. The van der Waals surface area contributed by atoms with Gasteiger partial charge < -0.3 is 9.31 Å². The molecule has 6 heteroatoms. The Morgan fingerprint density at radius 2 is 1.48 bits per heavy atom. The van der Waals surface area contributed by atoms with Crippen molar-refractivity contribution in [2.75, 3.05) is 0 Å². The first kappa shape index (κ1) is 19.3. The normalized spacial score (nSPS) is 35.6. The van der Waals surface area contributed by atoms with E-state index in [4.69, 9.17) is 9.31 Å². The van der Waals surface area contributed by atoms with E-state index >= 15 is 0 Å². The van der Waals surface area contributed by atoms with Crippen LogP contribution in [0.15, 0.2) is 11.5 Å². The highest BCUT2D eigenvalue weighted by Crippen LogP contribution is 2.46. The Bertz CT molecular complexity index is 503. The standard InChI is InChI=1S/C19H30BF3O2/c1-17(2)18(3,4)25-20(24-17)16-11-7-14(8-12-16)13-5-9-15(10-6-13)19(21,22)23/h11,13-15H,5-10,12H2,1-4H3. The maximum atomic E-state index is 12.8. The van der Waals surface area contributed by atoms with Crippen LogP contribution in [-0.2, 0) is 9.31 Å². The molecule has 2 aliphatic carbocycles. The van der Waals surface area contributed by atoms with Gasteiger partial charge in [-0.1, -0.05) is 6.08 Å². The summed E-state index contributed by atoms with van der Waals surface area (Å²) in [7, 11) is -0.271. The summed E-state index contributed by atoms with van der Waals surface area (Å²) in [6.45, 7) is 8.22. The van der Waals surface area contributed by atoms with Crippen LogP contribution in [0.5, 0.6) is 0 Å². The molecule has 0 amide bonds. The molecule has 0 aromatic rings. The second-order valence-corrected chi connectivity index (χ2v) is 9.06. The summed E-state index contributed by atoms with van der Waals surface area (Å²) in [6.07, 6.45) is 3.17. The number of hydrogen-bond acceptors (Lipinski definition) is 2. The summed E-state index contributed by atoms with van der Waals surface area (Å²) in [6, 6.07) is 0. The van der Waals surface area contributed by atoms with E-state index in [1.807, 2.05) is 0 Å². The maximum absolute atomic E-state index is 12.8. The molecule has 2 nitrogen and oxygen atoms in total. The molecule has 0 spiro atoms. The molecule has 1 unspecified atom stereocenters. The van der Waals surface area contributed by atoms with E-state index in [1.54, 1.807) is 0 Å². The number of halogens is 3. The maximum Gasteiger partial charge on any atom is 0.490 e. The molecule has 0 radical (unpaired) electrons. The highest BCUT2D eigenvalue weighted by Gasteiger charge is 2.52. The Morgan fingerprint density at radius 3 is 1.92 bits per heavy atom. The summed E-state index contributed by atoms with van der Waals surface area (Å²) < 4.78 is 50.7. The van der Waals surface area contributed by atoms with Crippen LogP contribution in [0.25, 0.3) is 0 Å². The Kier molecular flexibility index (Phi) is 5.09. The van der Waals surface area contributed by atoms with E-state index in [-0.39, 0.29) is 18.3 Å². The van der Waals surface area contributed by atoms with Crippen molar-refractivity contribution in [2.45, 2.75) is 90.0 Å². The second kappa shape index (κ2) is 6.59. The van der Waals surface area contributed by atoms with E-state index < -0.39 is 12.1 Å². The quantitative estimate of drug-likeness (QED) is 0.589. The molecule has 3 aliphatic rings. The van der Waals surface area contributed by atoms with Crippen LogP contribution in [0.4, 0.5) is 13.2 Å². The van der Waals surface area contributed by atoms with Gasteiger partial charge in [0.2, 0.25) is 0 Å². The van der Waals surface area contributed by atoms with Crippen LogP contribution >= 0.6 is 0 Å². The zero-order valence-corrected chi connectivity index (χ0v) is 15.8. The van der Waals surface area contributed by atoms with Gasteiger partial charge in [0, 0.05) is 0 Å². The fraction of sp³-hybridized carbons (Fsp3) is 0.895. The second-order valence-electron chi connectivity index (χ2n) is 9.06. The van der Waals surface area contributed by atoms with Gasteiger partial charge in [0.1, 0.15) is 0 Å². The average Bonchev–Trinajstić information content (AvgIpc) is 2.75. The molecule has 1 aliphatic heterocycles. The minimum atomic E-state index is -4.01. The number of alkyl halides is 3. The monoisotopic (exact) mass is 358 g/mol. The SMILES string of the molecule is CC1(C)OB(C2=CCC(C3CCC(C(F)(F)F)CC3)CC2)OC1(C)C. The first-order valence-electron chi connectivity index (χ1n) is 9.61. The number of hydrogen-bond donors (Lipinski definition) is 0. The molecule has 3 rings (SSSR count). The van der Waals surface area contributed by atoms with Gasteiger partial charge in [0.25, 0.3) is 0 Å². The van der Waals surface area contributed by atoms with E-state index in [0.29, 0.717) is 37.5 Å². The van der Waals surface area contributed by atoms with Gasteiger partial charge in [-0.05, 0) is 89.9 Å². The third kappa shape index (κ3) is 3.95. The molecule has 1 atom stereocenters. The average molecular weight is 358 g/mol. The zero-order valence-electron chi connectivity index (χ0n) is 15.8. The van der Waals surface area contributed by atoms with Crippen molar-refractivity contribution in [3.8, 4) is 0 Å². The van der Waals surface area contributed by atoms with Gasteiger partial charge in [-0.25, -0.2) is 0 Å². The van der Waals surface area contributed by atoms with Gasteiger partial charge in [-0.3, -0.25) is 0 Å². The third-order valence-electron chi connectivity index (χ3n) is 6.94. The van der Waals surface area contributed by atoms with Crippen LogP contribution in [0, 0.1) is 17.8 Å². The Balaban J connectivity index is 1.54. The third-order valence-corrected chi connectivity index (χ3v) is 6.94. The predicted octanol–water partition coefficient (Wildman–Crippen LogP) is 5.71. The highest BCUT2D eigenvalue weighted by atomic mass is 19.4. The van der Waals surface area contributed by atoms with Gasteiger partial charge in [-0.15, -0.1) is 0 Å². The molecule has 142 valence electrons. The lowest BCUT2D eigenvalue weighted by atomic mass is 9.66. The van der Waals surface area contributed by atoms with Gasteiger partial charge in [-0.2, -0.15) is 13.2 Å². The first-order valence-corrected chi connectivity index (χ1v) is 9.61. The lowest BCUT2D eigenvalue weighted by molar-refractivity contribution is -0.184. The number of allylic oxidation sites excluding steroid dienone is 2. The molecular formula is C19H30BF3O2. The Hall–Kier alpha value is -0.485. The summed E-state index contributed by atoms with van der Waals surface area (Å²) >= 11 is 0. The summed E-state index contributed by atoms with van der Waals surface area (Å²) in [5.41, 5.74) is 0.551. The molecule has 0 aromatic heterocycles. The predicted molar refractivity (Wildman–Crippen MR) is 93.0 cm³/mol. The topological polar surface area (TPSA) is 18.5 Å². The molecule has 0 bridgehead atoms. The van der Waals surface area contributed by atoms with Crippen LogP contribution < -0.4 is 0 Å². The van der Waals surface area contributed by atoms with Crippen LogP contribution in [-0.4, -0.2) is 24.5 Å². The van der Waals surface area contributed by atoms with Gasteiger partial charge in [0.05, 0.1) is 17.1 Å². The lowest BCUT2D eigenvalue weighted by Gasteiger charge is -2.36. The number of rotatable bonds is 2. The zero-order chi connectivity index (χ0) is 18.5. The minimum Gasteiger partial charge on any atom is -0.400 e. The van der Waals surface area contributed by atoms with Crippen molar-refractivity contribution in [3.63, 3.8) is 0 Å². The molecule has 1 saturated heterocycles. The van der Waals surface area contributed by atoms with Crippen LogP contribution in [0.1, 0.15) is 72.6 Å². The van der Waals surface area contributed by atoms with Crippen LogP contribution in [0.2, 0.25) is 0 Å². The molecule has 0 N–H and O–H groups in total. The molecule has 0 aromatic carbocycles. The Morgan fingerprint density at radius 1 is 0.920 bits per heavy atom. The van der Waals surface area contributed by atoms with Crippen molar-refractivity contribution in [1.29, 1.82) is 0 Å². The van der Waals surface area contributed by atoms with E-state index in [2.05, 4.69) is 33.8 Å². The van der Waals surface area contributed by atoms with E-state index in [1.165, 1.54) is 5.47 Å². The van der Waals surface area contributed by atoms with Crippen molar-refractivity contribution in [2.24, 2.45) is 17.8 Å². The lowest BCUT2D eigenvalue weighted by Crippen LogP contribution is -2.41. The van der Waals surface area contributed by atoms with Gasteiger partial charge >= 0.3 is 13.3 Å². The Labute approximate surface area is 149 Å². The summed E-state index contributed by atoms with van der Waals surface area (Å²) in [5.74, 6) is -0.127. The van der Waals surface area contributed by atoms with Crippen molar-refractivity contribution in [3.05, 3.63) is 11.5 Å². The molecular weight excluding hydrogens is 328 g/mol. The van der Waals surface area contributed by atoms with Crippen molar-refractivity contribution in [1.82, 2.24) is 0 Å². The largest absolute Gasteiger partial charge is 0.490 e. The van der Waals surface area contributed by atoms with Crippen molar-refractivity contribution < 1.29 is 22.5 Å². The molecule has 25 heavy (non-hydrogen) atoms. The fourth-order valence-corrected chi connectivity index (χ4v) is 4.43. The summed E-state index contributed by atoms with van der Waals surface area (Å²) in [4.78, 5) is 0. The van der Waals surface area contributed by atoms with Crippen molar-refractivity contribution >= 4 is 7.12 Å². The minimum absolute atomic E-state index is 0.271. The van der Waals surface area contributed by atoms with Gasteiger partial charge in [0.15, 0.2) is 0 Å². The summed E-state index contributed by atoms with van der Waals surface area (Å²) in [5, 5.41) is 0. The molecule has 1 saturated carbocycles. The highest BCUT2D eigenvalue weighted by molar-refractivity contribution is 6.54. The smallest absolute Gasteiger partial charge is 0.400 e. The van der Waals surface area contributed by atoms with E-state index in [0.717, 1.165) is 19.3 Å². The fourth-order valence-electron chi connectivity index (χ4n) is 4.43. The van der Waals surface area contributed by atoms with Crippen LogP contribution in [0.3, 0.4) is 0 Å². The molecule has 1 heterocycles. The van der Waals surface area contributed by atoms with E-state index in [9.17, 15) is 13.2 Å². The first-order chi connectivity index (χ1) is 11.5.